The Kier molecular flexibility index (Phi) is 4.02. The number of fused-ring (bicyclic) bond motifs is 1. The van der Waals surface area contributed by atoms with Crippen LogP contribution in [0.25, 0.3) is 5.65 Å². The van der Waals surface area contributed by atoms with Crippen LogP contribution in [-0.2, 0) is 0 Å². The standard InChI is InChI=1S/C18H18N4O/c1-12(2)17-18(22-11-5-4-6-16(22)19-17)21-20-15-9-7-14(8-10-15)13(3)23/h4-12H,1-3H3. The summed E-state index contributed by atoms with van der Waals surface area (Å²) >= 11 is 0. The van der Waals surface area contributed by atoms with Crippen LogP contribution in [-0.4, -0.2) is 15.2 Å². The van der Waals surface area contributed by atoms with Crippen LogP contribution < -0.4 is 0 Å². The van der Waals surface area contributed by atoms with E-state index < -0.39 is 0 Å². The minimum Gasteiger partial charge on any atom is -0.295 e. The minimum absolute atomic E-state index is 0.0392. The molecule has 0 atom stereocenters. The fraction of sp³-hybridized carbons (Fsp3) is 0.222. The molecule has 0 aliphatic carbocycles. The number of azo groups is 1. The Morgan fingerprint density at radius 2 is 1.83 bits per heavy atom. The highest BCUT2D eigenvalue weighted by atomic mass is 16.1. The van der Waals surface area contributed by atoms with Gasteiger partial charge in [-0.15, -0.1) is 10.2 Å². The van der Waals surface area contributed by atoms with Crippen molar-refractivity contribution in [3.8, 4) is 0 Å². The summed E-state index contributed by atoms with van der Waals surface area (Å²) in [6, 6.07) is 12.9. The number of hydrogen-bond donors (Lipinski definition) is 0. The van der Waals surface area contributed by atoms with Gasteiger partial charge in [-0.05, 0) is 49.2 Å². The topological polar surface area (TPSA) is 59.1 Å². The van der Waals surface area contributed by atoms with E-state index in [2.05, 4.69) is 29.1 Å². The van der Waals surface area contributed by atoms with Gasteiger partial charge >= 0.3 is 0 Å². The first-order chi connectivity index (χ1) is 11.1. The van der Waals surface area contributed by atoms with E-state index in [0.717, 1.165) is 17.2 Å². The van der Waals surface area contributed by atoms with E-state index in [1.54, 1.807) is 31.2 Å². The minimum atomic E-state index is 0.0392. The van der Waals surface area contributed by atoms with Gasteiger partial charge in [0.05, 0.1) is 11.4 Å². The molecule has 0 N–H and O–H groups in total. The predicted octanol–water partition coefficient (Wildman–Crippen LogP) is 5.08. The number of carbonyl (C=O) groups is 1. The van der Waals surface area contributed by atoms with Gasteiger partial charge in [0.25, 0.3) is 0 Å². The van der Waals surface area contributed by atoms with Crippen molar-refractivity contribution in [3.63, 3.8) is 0 Å². The van der Waals surface area contributed by atoms with E-state index in [9.17, 15) is 4.79 Å². The SMILES string of the molecule is CC(=O)c1ccc(N=Nc2c(C(C)C)nc3ccccn23)cc1. The third-order valence-corrected chi connectivity index (χ3v) is 3.61. The Balaban J connectivity index is 2.00. The third kappa shape index (κ3) is 3.04. The van der Waals surface area contributed by atoms with E-state index in [4.69, 9.17) is 0 Å². The molecule has 5 nitrogen and oxygen atoms in total. The van der Waals surface area contributed by atoms with E-state index in [1.807, 2.05) is 28.8 Å². The molecule has 5 heteroatoms. The van der Waals surface area contributed by atoms with Crippen molar-refractivity contribution in [2.24, 2.45) is 10.2 Å². The molecular formula is C18H18N4O. The summed E-state index contributed by atoms with van der Waals surface area (Å²) in [5.74, 6) is 1.03. The summed E-state index contributed by atoms with van der Waals surface area (Å²) < 4.78 is 1.93. The molecule has 0 fully saturated rings. The Labute approximate surface area is 134 Å². The monoisotopic (exact) mass is 306 g/mol. The van der Waals surface area contributed by atoms with Gasteiger partial charge in [0.1, 0.15) is 5.65 Å². The molecular weight excluding hydrogens is 288 g/mol. The van der Waals surface area contributed by atoms with Crippen LogP contribution in [0.1, 0.15) is 42.7 Å². The van der Waals surface area contributed by atoms with Crippen LogP contribution in [0.15, 0.2) is 58.9 Å². The maximum atomic E-state index is 11.3. The van der Waals surface area contributed by atoms with Crippen molar-refractivity contribution in [2.75, 3.05) is 0 Å². The molecule has 0 bridgehead atoms. The molecule has 0 saturated carbocycles. The number of imidazole rings is 1. The smallest absolute Gasteiger partial charge is 0.183 e. The quantitative estimate of drug-likeness (QED) is 0.498. The van der Waals surface area contributed by atoms with E-state index in [1.165, 1.54) is 0 Å². The Morgan fingerprint density at radius 3 is 2.48 bits per heavy atom. The van der Waals surface area contributed by atoms with Gasteiger partial charge in [-0.25, -0.2) is 4.98 Å². The maximum Gasteiger partial charge on any atom is 0.183 e. The predicted molar refractivity (Wildman–Crippen MR) is 89.9 cm³/mol. The molecule has 2 heterocycles. The summed E-state index contributed by atoms with van der Waals surface area (Å²) in [6.45, 7) is 5.72. The van der Waals surface area contributed by atoms with Crippen LogP contribution in [0.3, 0.4) is 0 Å². The lowest BCUT2D eigenvalue weighted by Crippen LogP contribution is -1.89. The van der Waals surface area contributed by atoms with E-state index in [0.29, 0.717) is 11.3 Å². The lowest BCUT2D eigenvalue weighted by molar-refractivity contribution is 0.101. The lowest BCUT2D eigenvalue weighted by Gasteiger charge is -2.01. The van der Waals surface area contributed by atoms with Crippen molar-refractivity contribution >= 4 is 22.9 Å². The number of pyridine rings is 1. The number of carbonyl (C=O) groups excluding carboxylic acids is 1. The summed E-state index contributed by atoms with van der Waals surface area (Å²) in [5.41, 5.74) is 3.15. The first-order valence-electron chi connectivity index (χ1n) is 7.56. The van der Waals surface area contributed by atoms with Crippen molar-refractivity contribution in [2.45, 2.75) is 26.7 Å². The number of hydrogen-bond acceptors (Lipinski definition) is 4. The zero-order valence-electron chi connectivity index (χ0n) is 13.4. The molecule has 116 valence electrons. The van der Waals surface area contributed by atoms with Gasteiger partial charge in [0.2, 0.25) is 0 Å². The molecule has 2 aromatic heterocycles. The van der Waals surface area contributed by atoms with Crippen LogP contribution in [0.5, 0.6) is 0 Å². The number of rotatable bonds is 4. The molecule has 23 heavy (non-hydrogen) atoms. The summed E-state index contributed by atoms with van der Waals surface area (Å²) in [6.07, 6.45) is 1.93. The van der Waals surface area contributed by atoms with Gasteiger partial charge in [-0.1, -0.05) is 19.9 Å². The third-order valence-electron chi connectivity index (χ3n) is 3.61. The molecule has 0 amide bonds. The molecule has 1 aromatic carbocycles. The number of nitrogens with zero attached hydrogens (tertiary/aromatic N) is 4. The number of ketones is 1. The van der Waals surface area contributed by atoms with Crippen molar-refractivity contribution in [3.05, 3.63) is 59.9 Å². The first kappa shape index (κ1) is 15.1. The van der Waals surface area contributed by atoms with Gasteiger partial charge in [-0.2, -0.15) is 0 Å². The van der Waals surface area contributed by atoms with Gasteiger partial charge in [-0.3, -0.25) is 9.20 Å². The van der Waals surface area contributed by atoms with Crippen molar-refractivity contribution < 1.29 is 4.79 Å². The molecule has 0 radical (unpaired) electrons. The summed E-state index contributed by atoms with van der Waals surface area (Å²) in [4.78, 5) is 15.9. The van der Waals surface area contributed by atoms with E-state index >= 15 is 0 Å². The number of aromatic nitrogens is 2. The van der Waals surface area contributed by atoms with Crippen LogP contribution in [0.2, 0.25) is 0 Å². The zero-order chi connectivity index (χ0) is 16.4. The molecule has 0 unspecified atom stereocenters. The second-order valence-corrected chi connectivity index (χ2v) is 5.71. The highest BCUT2D eigenvalue weighted by Gasteiger charge is 2.14. The second kappa shape index (κ2) is 6.12. The maximum absolute atomic E-state index is 11.3. The van der Waals surface area contributed by atoms with Crippen LogP contribution in [0.4, 0.5) is 11.5 Å². The lowest BCUT2D eigenvalue weighted by atomic mass is 10.1. The van der Waals surface area contributed by atoms with Gasteiger partial charge in [0, 0.05) is 11.8 Å². The molecule has 0 aliphatic heterocycles. The van der Waals surface area contributed by atoms with Crippen molar-refractivity contribution in [1.29, 1.82) is 0 Å². The Morgan fingerprint density at radius 1 is 1.09 bits per heavy atom. The molecule has 0 aliphatic rings. The summed E-state index contributed by atoms with van der Waals surface area (Å²) in [7, 11) is 0. The van der Waals surface area contributed by atoms with Crippen LogP contribution >= 0.6 is 0 Å². The number of Topliss-reactive ketones (excluding diaryl/α,β-unsaturated/α-hetero) is 1. The van der Waals surface area contributed by atoms with E-state index in [-0.39, 0.29) is 11.7 Å². The number of benzene rings is 1. The second-order valence-electron chi connectivity index (χ2n) is 5.71. The Hall–Kier alpha value is -2.82. The van der Waals surface area contributed by atoms with Crippen molar-refractivity contribution in [1.82, 2.24) is 9.38 Å². The molecule has 0 saturated heterocycles. The normalized spacial score (nSPS) is 11.7. The van der Waals surface area contributed by atoms with Gasteiger partial charge in [0.15, 0.2) is 11.6 Å². The molecule has 3 rings (SSSR count). The van der Waals surface area contributed by atoms with Crippen LogP contribution in [0, 0.1) is 0 Å². The Bertz CT molecular complexity index is 876. The largest absolute Gasteiger partial charge is 0.295 e. The average molecular weight is 306 g/mol. The highest BCUT2D eigenvalue weighted by molar-refractivity contribution is 5.94. The fourth-order valence-electron chi connectivity index (χ4n) is 2.36. The summed E-state index contributed by atoms with van der Waals surface area (Å²) in [5, 5.41) is 8.70. The first-order valence-corrected chi connectivity index (χ1v) is 7.56. The molecule has 3 aromatic rings. The average Bonchev–Trinajstić information content (AvgIpc) is 2.92. The zero-order valence-corrected chi connectivity index (χ0v) is 13.4. The fourth-order valence-corrected chi connectivity index (χ4v) is 2.36. The molecule has 0 spiro atoms. The highest BCUT2D eigenvalue weighted by Crippen LogP contribution is 2.29. The van der Waals surface area contributed by atoms with Gasteiger partial charge < -0.3 is 0 Å².